The number of hydrogen-bond donors (Lipinski definition) is 0. The number of hydrogen-bond acceptors (Lipinski definition) is 2. The van der Waals surface area contributed by atoms with Gasteiger partial charge in [0.25, 0.3) is 0 Å². The van der Waals surface area contributed by atoms with Crippen LogP contribution < -0.4 is 0 Å². The fraction of sp³-hybridized carbons (Fsp3) is 0.278. The lowest BCUT2D eigenvalue weighted by Crippen LogP contribution is -2.11. The van der Waals surface area contributed by atoms with Crippen molar-refractivity contribution in [2.75, 3.05) is 6.61 Å². The summed E-state index contributed by atoms with van der Waals surface area (Å²) < 4.78 is 5.34. The Morgan fingerprint density at radius 2 is 1.60 bits per heavy atom. The first-order valence-corrected chi connectivity index (χ1v) is 7.00. The van der Waals surface area contributed by atoms with E-state index in [1.807, 2.05) is 48.5 Å². The zero-order valence-corrected chi connectivity index (χ0v) is 11.8. The Morgan fingerprint density at radius 3 is 2.25 bits per heavy atom. The fourth-order valence-corrected chi connectivity index (χ4v) is 2.06. The van der Waals surface area contributed by atoms with Crippen LogP contribution in [-0.4, -0.2) is 12.6 Å². The molecule has 0 amide bonds. The molecule has 0 fully saturated rings. The third-order valence-corrected chi connectivity index (χ3v) is 3.32. The van der Waals surface area contributed by atoms with E-state index >= 15 is 0 Å². The lowest BCUT2D eigenvalue weighted by Gasteiger charge is -2.12. The maximum Gasteiger partial charge on any atom is 0.306 e. The van der Waals surface area contributed by atoms with E-state index in [2.05, 4.69) is 19.1 Å². The molecule has 104 valence electrons. The van der Waals surface area contributed by atoms with Crippen LogP contribution in [-0.2, 0) is 16.0 Å². The minimum absolute atomic E-state index is 0.128. The second kappa shape index (κ2) is 7.49. The number of carbonyl (C=O) groups excluding carboxylic acids is 1. The van der Waals surface area contributed by atoms with Gasteiger partial charge in [-0.05, 0) is 17.5 Å². The molecule has 0 aliphatic carbocycles. The van der Waals surface area contributed by atoms with Crippen molar-refractivity contribution in [2.45, 2.75) is 25.7 Å². The molecule has 2 aromatic carbocycles. The highest BCUT2D eigenvalue weighted by Gasteiger charge is 2.09. The highest BCUT2D eigenvalue weighted by atomic mass is 16.5. The van der Waals surface area contributed by atoms with Crippen molar-refractivity contribution in [3.05, 3.63) is 71.8 Å². The molecule has 0 radical (unpaired) electrons. The molecule has 2 heteroatoms. The molecular formula is C18H20O2. The molecule has 0 heterocycles. The van der Waals surface area contributed by atoms with E-state index in [0.717, 1.165) is 6.42 Å². The van der Waals surface area contributed by atoms with Crippen molar-refractivity contribution in [2.24, 2.45) is 0 Å². The van der Waals surface area contributed by atoms with Gasteiger partial charge < -0.3 is 4.74 Å². The Kier molecular flexibility index (Phi) is 5.36. The first-order chi connectivity index (χ1) is 9.75. The molecule has 0 bridgehead atoms. The summed E-state index contributed by atoms with van der Waals surface area (Å²) in [5.74, 6) is 0.105. The van der Waals surface area contributed by atoms with Crippen molar-refractivity contribution in [1.29, 1.82) is 0 Å². The van der Waals surface area contributed by atoms with Gasteiger partial charge in [-0.15, -0.1) is 0 Å². The van der Waals surface area contributed by atoms with Gasteiger partial charge in [-0.25, -0.2) is 0 Å². The van der Waals surface area contributed by atoms with E-state index in [1.54, 1.807) is 0 Å². The highest BCUT2D eigenvalue weighted by Crippen LogP contribution is 2.15. The quantitative estimate of drug-likeness (QED) is 0.741. The van der Waals surface area contributed by atoms with Crippen LogP contribution in [0.15, 0.2) is 60.7 Å². The molecule has 0 aliphatic heterocycles. The van der Waals surface area contributed by atoms with E-state index in [4.69, 9.17) is 4.74 Å². The summed E-state index contributed by atoms with van der Waals surface area (Å²) in [5, 5.41) is 0. The van der Waals surface area contributed by atoms with Gasteiger partial charge in [0.2, 0.25) is 0 Å². The van der Waals surface area contributed by atoms with Gasteiger partial charge in [-0.2, -0.15) is 0 Å². The van der Waals surface area contributed by atoms with Crippen LogP contribution in [0.25, 0.3) is 0 Å². The first-order valence-electron chi connectivity index (χ1n) is 7.00. The average Bonchev–Trinajstić information content (AvgIpc) is 2.52. The topological polar surface area (TPSA) is 26.3 Å². The lowest BCUT2D eigenvalue weighted by molar-refractivity contribution is -0.144. The van der Waals surface area contributed by atoms with Crippen molar-refractivity contribution < 1.29 is 9.53 Å². The third-order valence-electron chi connectivity index (χ3n) is 3.32. The number of ether oxygens (including phenoxy) is 1. The smallest absolute Gasteiger partial charge is 0.306 e. The van der Waals surface area contributed by atoms with Gasteiger partial charge in [0, 0.05) is 12.3 Å². The summed E-state index contributed by atoms with van der Waals surface area (Å²) >= 11 is 0. The molecule has 0 unspecified atom stereocenters. The summed E-state index contributed by atoms with van der Waals surface area (Å²) in [4.78, 5) is 11.7. The van der Waals surface area contributed by atoms with Gasteiger partial charge in [-0.1, -0.05) is 67.6 Å². The third kappa shape index (κ3) is 4.54. The monoisotopic (exact) mass is 268 g/mol. The molecule has 2 aromatic rings. The normalized spacial score (nSPS) is 11.8. The predicted octanol–water partition coefficient (Wildman–Crippen LogP) is 3.97. The van der Waals surface area contributed by atoms with Crippen LogP contribution in [0, 0.1) is 0 Å². The van der Waals surface area contributed by atoms with E-state index in [1.165, 1.54) is 11.1 Å². The van der Waals surface area contributed by atoms with Crippen LogP contribution >= 0.6 is 0 Å². The molecule has 0 spiro atoms. The van der Waals surface area contributed by atoms with Crippen LogP contribution in [0.4, 0.5) is 0 Å². The molecule has 20 heavy (non-hydrogen) atoms. The maximum atomic E-state index is 11.7. The summed E-state index contributed by atoms with van der Waals surface area (Å²) in [6.45, 7) is 2.51. The van der Waals surface area contributed by atoms with Crippen LogP contribution in [0.2, 0.25) is 0 Å². The van der Waals surface area contributed by atoms with E-state index in [-0.39, 0.29) is 11.9 Å². The highest BCUT2D eigenvalue weighted by molar-refractivity contribution is 5.69. The molecule has 0 aliphatic rings. The average molecular weight is 268 g/mol. The number of carbonyl (C=O) groups is 1. The van der Waals surface area contributed by atoms with Crippen LogP contribution in [0.5, 0.6) is 0 Å². The number of aryl methyl sites for hydroxylation is 1. The molecule has 0 N–H and O–H groups in total. The van der Waals surface area contributed by atoms with E-state index in [9.17, 15) is 4.79 Å². The van der Waals surface area contributed by atoms with Gasteiger partial charge >= 0.3 is 5.97 Å². The second-order valence-corrected chi connectivity index (χ2v) is 4.98. The van der Waals surface area contributed by atoms with Crippen LogP contribution in [0.1, 0.15) is 30.4 Å². The number of rotatable bonds is 6. The molecular weight excluding hydrogens is 248 g/mol. The zero-order valence-electron chi connectivity index (χ0n) is 11.8. The van der Waals surface area contributed by atoms with Crippen molar-refractivity contribution in [1.82, 2.24) is 0 Å². The van der Waals surface area contributed by atoms with E-state index in [0.29, 0.717) is 13.0 Å². The summed E-state index contributed by atoms with van der Waals surface area (Å²) in [7, 11) is 0. The summed E-state index contributed by atoms with van der Waals surface area (Å²) in [5.41, 5.74) is 2.36. The van der Waals surface area contributed by atoms with E-state index < -0.39 is 0 Å². The Labute approximate surface area is 120 Å². The lowest BCUT2D eigenvalue weighted by atomic mass is 10.0. The minimum atomic E-state index is -0.128. The van der Waals surface area contributed by atoms with Gasteiger partial charge in [0.05, 0.1) is 6.61 Å². The Balaban J connectivity index is 1.73. The SMILES string of the molecule is C[C@@H](COC(=O)CCc1ccccc1)c1ccccc1. The minimum Gasteiger partial charge on any atom is -0.465 e. The van der Waals surface area contributed by atoms with Gasteiger partial charge in [0.15, 0.2) is 0 Å². The first kappa shape index (κ1) is 14.3. The fourth-order valence-electron chi connectivity index (χ4n) is 2.06. The molecule has 0 aromatic heterocycles. The molecule has 0 saturated carbocycles. The standard InChI is InChI=1S/C18H20O2/c1-15(17-10-6-3-7-11-17)14-20-18(19)13-12-16-8-4-2-5-9-16/h2-11,15H,12-14H2,1H3/t15-/m0/s1. The molecule has 2 rings (SSSR count). The maximum absolute atomic E-state index is 11.7. The Bertz CT molecular complexity index is 520. The number of esters is 1. The van der Waals surface area contributed by atoms with Gasteiger partial charge in [-0.3, -0.25) is 4.79 Å². The van der Waals surface area contributed by atoms with Gasteiger partial charge in [0.1, 0.15) is 0 Å². The zero-order chi connectivity index (χ0) is 14.2. The summed E-state index contributed by atoms with van der Waals surface area (Å²) in [6.07, 6.45) is 1.17. The second-order valence-electron chi connectivity index (χ2n) is 4.98. The Hall–Kier alpha value is -2.09. The molecule has 0 saturated heterocycles. The number of benzene rings is 2. The van der Waals surface area contributed by atoms with Crippen molar-refractivity contribution in [3.63, 3.8) is 0 Å². The van der Waals surface area contributed by atoms with Crippen molar-refractivity contribution in [3.8, 4) is 0 Å². The molecule has 2 nitrogen and oxygen atoms in total. The van der Waals surface area contributed by atoms with Crippen LogP contribution in [0.3, 0.4) is 0 Å². The largest absolute Gasteiger partial charge is 0.465 e. The summed E-state index contributed by atoms with van der Waals surface area (Å²) in [6, 6.07) is 20.1. The predicted molar refractivity (Wildman–Crippen MR) is 80.6 cm³/mol. The molecule has 1 atom stereocenters. The Morgan fingerprint density at radius 1 is 1.00 bits per heavy atom. The van der Waals surface area contributed by atoms with Crippen molar-refractivity contribution >= 4 is 5.97 Å².